The lowest BCUT2D eigenvalue weighted by Crippen LogP contribution is -2.20. The first-order valence-corrected chi connectivity index (χ1v) is 6.89. The summed E-state index contributed by atoms with van der Waals surface area (Å²) in [6, 6.07) is 7.25. The lowest BCUT2D eigenvalue weighted by molar-refractivity contribution is 0.299. The van der Waals surface area contributed by atoms with Crippen LogP contribution in [0.3, 0.4) is 0 Å². The Morgan fingerprint density at radius 1 is 1.30 bits per heavy atom. The van der Waals surface area contributed by atoms with E-state index >= 15 is 0 Å². The molecule has 1 aromatic heterocycles. The fourth-order valence-corrected chi connectivity index (χ4v) is 2.20. The van der Waals surface area contributed by atoms with Gasteiger partial charge in [0.15, 0.2) is 0 Å². The molecule has 0 saturated heterocycles. The summed E-state index contributed by atoms with van der Waals surface area (Å²) in [6.07, 6.45) is 2.25. The molecule has 2 N–H and O–H groups in total. The van der Waals surface area contributed by atoms with Crippen LogP contribution in [0.25, 0.3) is 0 Å². The van der Waals surface area contributed by atoms with Gasteiger partial charge in [0.05, 0.1) is 11.1 Å². The van der Waals surface area contributed by atoms with Gasteiger partial charge in [-0.25, -0.2) is 4.39 Å². The summed E-state index contributed by atoms with van der Waals surface area (Å²) in [5, 5.41) is 0. The van der Waals surface area contributed by atoms with Crippen LogP contribution in [-0.4, -0.2) is 11.2 Å². The largest absolute Gasteiger partial charge is 0.492 e. The van der Waals surface area contributed by atoms with E-state index in [1.165, 1.54) is 18.2 Å². The highest BCUT2D eigenvalue weighted by atomic mass is 79.9. The highest BCUT2D eigenvalue weighted by Crippen LogP contribution is 2.25. The molecule has 1 heterocycles. The summed E-state index contributed by atoms with van der Waals surface area (Å²) in [5.74, 6) is 0.252. The Bertz CT molecular complexity index is 658. The van der Waals surface area contributed by atoms with E-state index < -0.39 is 0 Å². The Morgan fingerprint density at radius 2 is 2.10 bits per heavy atom. The van der Waals surface area contributed by atoms with E-state index in [2.05, 4.69) is 15.9 Å². The van der Waals surface area contributed by atoms with E-state index in [4.69, 9.17) is 10.5 Å². The molecular weight excluding hydrogens is 327 g/mol. The van der Waals surface area contributed by atoms with Crippen molar-refractivity contribution in [2.75, 3.05) is 12.3 Å². The smallest absolute Gasteiger partial charge is 0.250 e. The second kappa shape index (κ2) is 6.56. The maximum atomic E-state index is 12.9. The number of pyridine rings is 1. The lowest BCUT2D eigenvalue weighted by Gasteiger charge is -2.09. The normalized spacial score (nSPS) is 10.5. The third kappa shape index (κ3) is 3.84. The number of aryl methyl sites for hydroxylation is 1. The zero-order valence-electron chi connectivity index (χ0n) is 10.7. The molecule has 0 spiro atoms. The molecule has 0 aliphatic rings. The van der Waals surface area contributed by atoms with Gasteiger partial charge in [-0.1, -0.05) is 0 Å². The average molecular weight is 341 g/mol. The molecule has 0 bridgehead atoms. The third-order valence-electron chi connectivity index (χ3n) is 2.70. The number of hydrogen-bond acceptors (Lipinski definition) is 3. The Kier molecular flexibility index (Phi) is 4.79. The first-order valence-electron chi connectivity index (χ1n) is 6.10. The van der Waals surface area contributed by atoms with Crippen LogP contribution in [0.15, 0.2) is 45.8 Å². The van der Waals surface area contributed by atoms with Gasteiger partial charge in [-0.15, -0.1) is 0 Å². The van der Waals surface area contributed by atoms with Crippen LogP contribution < -0.4 is 16.0 Å². The van der Waals surface area contributed by atoms with Crippen LogP contribution in [0.4, 0.5) is 10.1 Å². The van der Waals surface area contributed by atoms with Gasteiger partial charge in [0.2, 0.25) is 0 Å². The topological polar surface area (TPSA) is 57.2 Å². The van der Waals surface area contributed by atoms with Gasteiger partial charge in [0.25, 0.3) is 5.56 Å². The van der Waals surface area contributed by atoms with Crippen molar-refractivity contribution >= 4 is 21.6 Å². The Labute approximate surface area is 124 Å². The third-order valence-corrected chi connectivity index (χ3v) is 3.32. The number of nitrogen functional groups attached to an aromatic ring is 1. The highest BCUT2D eigenvalue weighted by Gasteiger charge is 2.03. The summed E-state index contributed by atoms with van der Waals surface area (Å²) in [4.78, 5) is 11.5. The first-order chi connectivity index (χ1) is 9.56. The number of nitrogens with zero attached hydrogens (tertiary/aromatic N) is 1. The predicted octanol–water partition coefficient (Wildman–Crippen LogP) is 2.80. The van der Waals surface area contributed by atoms with Crippen LogP contribution in [0.2, 0.25) is 0 Å². The molecule has 0 atom stereocenters. The van der Waals surface area contributed by atoms with Gasteiger partial charge < -0.3 is 15.0 Å². The Morgan fingerprint density at radius 3 is 2.85 bits per heavy atom. The van der Waals surface area contributed by atoms with Gasteiger partial charge >= 0.3 is 0 Å². The van der Waals surface area contributed by atoms with Crippen molar-refractivity contribution in [3.63, 3.8) is 0 Å². The zero-order chi connectivity index (χ0) is 14.5. The van der Waals surface area contributed by atoms with Gasteiger partial charge in [-0.3, -0.25) is 4.79 Å². The molecule has 20 heavy (non-hydrogen) atoms. The van der Waals surface area contributed by atoms with E-state index in [-0.39, 0.29) is 11.4 Å². The minimum absolute atomic E-state index is 0.0952. The number of ether oxygens (including phenoxy) is 1. The molecule has 0 amide bonds. The van der Waals surface area contributed by atoms with Gasteiger partial charge in [0.1, 0.15) is 11.6 Å². The molecule has 0 saturated carbocycles. The summed E-state index contributed by atoms with van der Waals surface area (Å²) in [7, 11) is 0. The average Bonchev–Trinajstić information content (AvgIpc) is 2.40. The predicted molar refractivity (Wildman–Crippen MR) is 79.3 cm³/mol. The van der Waals surface area contributed by atoms with E-state index in [9.17, 15) is 9.18 Å². The van der Waals surface area contributed by atoms with Crippen molar-refractivity contribution in [3.05, 3.63) is 57.2 Å². The molecule has 2 rings (SSSR count). The number of hydrogen-bond donors (Lipinski definition) is 1. The van der Waals surface area contributed by atoms with E-state index in [0.717, 1.165) is 0 Å². The standard InChI is InChI=1S/C14H14BrFN2O2/c15-12-8-10(16)2-4-13(12)20-7-1-6-18-9-11(17)3-5-14(18)19/h2-5,8-9H,1,6-7,17H2. The fourth-order valence-electron chi connectivity index (χ4n) is 1.73. The summed E-state index contributed by atoms with van der Waals surface area (Å²) >= 11 is 3.23. The van der Waals surface area contributed by atoms with Crippen LogP contribution >= 0.6 is 15.9 Å². The van der Waals surface area contributed by atoms with Crippen LogP contribution in [0.5, 0.6) is 5.75 Å². The van der Waals surface area contributed by atoms with E-state index in [1.54, 1.807) is 22.9 Å². The van der Waals surface area contributed by atoms with E-state index in [1.807, 2.05) is 0 Å². The van der Waals surface area contributed by atoms with Crippen LogP contribution in [-0.2, 0) is 6.54 Å². The van der Waals surface area contributed by atoms with Crippen molar-refractivity contribution in [2.45, 2.75) is 13.0 Å². The molecule has 6 heteroatoms. The molecule has 0 radical (unpaired) electrons. The van der Waals surface area contributed by atoms with Crippen molar-refractivity contribution in [3.8, 4) is 5.75 Å². The molecule has 1 aromatic carbocycles. The van der Waals surface area contributed by atoms with Crippen molar-refractivity contribution in [1.82, 2.24) is 4.57 Å². The van der Waals surface area contributed by atoms with Gasteiger partial charge in [-0.05, 0) is 46.6 Å². The minimum Gasteiger partial charge on any atom is -0.492 e. The van der Waals surface area contributed by atoms with Gasteiger partial charge in [-0.2, -0.15) is 0 Å². The fraction of sp³-hybridized carbons (Fsp3) is 0.214. The minimum atomic E-state index is -0.324. The number of benzene rings is 1. The molecule has 2 aromatic rings. The molecule has 0 aliphatic heterocycles. The maximum absolute atomic E-state index is 12.9. The number of rotatable bonds is 5. The van der Waals surface area contributed by atoms with Crippen molar-refractivity contribution in [2.24, 2.45) is 0 Å². The molecule has 0 fully saturated rings. The second-order valence-electron chi connectivity index (χ2n) is 4.27. The van der Waals surface area contributed by atoms with Crippen LogP contribution in [0.1, 0.15) is 6.42 Å². The van der Waals surface area contributed by atoms with Gasteiger partial charge in [0, 0.05) is 24.5 Å². The number of aromatic nitrogens is 1. The monoisotopic (exact) mass is 340 g/mol. The highest BCUT2D eigenvalue weighted by molar-refractivity contribution is 9.10. The van der Waals surface area contributed by atoms with Crippen molar-refractivity contribution in [1.29, 1.82) is 0 Å². The summed E-state index contributed by atoms with van der Waals surface area (Å²) in [6.45, 7) is 0.939. The number of nitrogens with two attached hydrogens (primary N) is 1. The van der Waals surface area contributed by atoms with Crippen molar-refractivity contribution < 1.29 is 9.13 Å². The van der Waals surface area contributed by atoms with E-state index in [0.29, 0.717) is 35.5 Å². The summed E-state index contributed by atoms with van der Waals surface area (Å²) < 4.78 is 20.5. The molecule has 106 valence electrons. The molecule has 4 nitrogen and oxygen atoms in total. The number of anilines is 1. The SMILES string of the molecule is Nc1ccc(=O)n(CCCOc2ccc(F)cc2Br)c1. The molecule has 0 aliphatic carbocycles. The maximum Gasteiger partial charge on any atom is 0.250 e. The molecule has 0 unspecified atom stereocenters. The van der Waals surface area contributed by atoms with Crippen LogP contribution in [0, 0.1) is 5.82 Å². The Hall–Kier alpha value is -1.82. The quantitative estimate of drug-likeness (QED) is 0.851. The second-order valence-corrected chi connectivity index (χ2v) is 5.13. The first kappa shape index (κ1) is 14.6. The molecular formula is C14H14BrFN2O2. The lowest BCUT2D eigenvalue weighted by atomic mass is 10.3. The Balaban J connectivity index is 1.87. The summed E-state index contributed by atoms with van der Waals surface area (Å²) in [5.41, 5.74) is 6.08. The number of halogens is 2. The zero-order valence-corrected chi connectivity index (χ0v) is 12.3.